The molecule has 0 saturated carbocycles. The number of piperidine rings is 1. The lowest BCUT2D eigenvalue weighted by Gasteiger charge is -2.27. The van der Waals surface area contributed by atoms with Gasteiger partial charge >= 0.3 is 5.97 Å². The molecule has 2 aliphatic heterocycles. The minimum absolute atomic E-state index is 0.0535. The number of imide groups is 2. The molecule has 0 bridgehead atoms. The van der Waals surface area contributed by atoms with Crippen molar-refractivity contribution >= 4 is 35.3 Å². The number of ether oxygens (including phenoxy) is 2. The van der Waals surface area contributed by atoms with Crippen molar-refractivity contribution in [1.29, 1.82) is 0 Å². The number of fused-ring (bicyclic) bond motifs is 1. The molecule has 166 valence electrons. The molecule has 1 fully saturated rings. The van der Waals surface area contributed by atoms with Crippen molar-refractivity contribution in [2.75, 3.05) is 38.3 Å². The average molecular weight is 433 g/mol. The maximum Gasteiger partial charge on any atom is 0.305 e. The van der Waals surface area contributed by atoms with Crippen LogP contribution in [0.1, 0.15) is 40.0 Å². The smallest absolute Gasteiger partial charge is 0.305 e. The van der Waals surface area contributed by atoms with Crippen molar-refractivity contribution in [3.05, 3.63) is 29.3 Å². The van der Waals surface area contributed by atoms with Gasteiger partial charge in [0.1, 0.15) is 6.04 Å². The van der Waals surface area contributed by atoms with Crippen LogP contribution < -0.4 is 10.6 Å². The zero-order valence-electron chi connectivity index (χ0n) is 16.7. The number of nitrogens with zero attached hydrogens (tertiary/aromatic N) is 1. The number of nitrogens with one attached hydrogen (secondary N) is 2. The fraction of sp³-hybridized carbons (Fsp3) is 0.450. The number of aliphatic carboxylic acids is 1. The van der Waals surface area contributed by atoms with Crippen LogP contribution in [0, 0.1) is 0 Å². The number of carboxylic acids is 1. The molecule has 1 aromatic rings. The molecule has 11 heteroatoms. The molecular formula is C20H23N3O8. The predicted octanol–water partition coefficient (Wildman–Crippen LogP) is 0.00760. The normalized spacial score (nSPS) is 18.2. The average Bonchev–Trinajstić information content (AvgIpc) is 2.97. The fourth-order valence-electron chi connectivity index (χ4n) is 3.33. The number of carbonyl (C=O) groups is 5. The van der Waals surface area contributed by atoms with Gasteiger partial charge < -0.3 is 19.9 Å². The quantitative estimate of drug-likeness (QED) is 0.324. The third kappa shape index (κ3) is 5.44. The van der Waals surface area contributed by atoms with E-state index in [0.29, 0.717) is 32.1 Å². The van der Waals surface area contributed by atoms with Gasteiger partial charge in [-0.2, -0.15) is 0 Å². The van der Waals surface area contributed by atoms with Gasteiger partial charge in [0.2, 0.25) is 11.8 Å². The van der Waals surface area contributed by atoms with Crippen LogP contribution >= 0.6 is 0 Å². The van der Waals surface area contributed by atoms with Crippen molar-refractivity contribution in [3.8, 4) is 0 Å². The summed E-state index contributed by atoms with van der Waals surface area (Å²) in [5, 5.41) is 13.7. The van der Waals surface area contributed by atoms with Crippen molar-refractivity contribution in [3.63, 3.8) is 0 Å². The zero-order chi connectivity index (χ0) is 22.4. The van der Waals surface area contributed by atoms with Gasteiger partial charge in [0, 0.05) is 18.7 Å². The third-order valence-electron chi connectivity index (χ3n) is 4.85. The van der Waals surface area contributed by atoms with Crippen molar-refractivity contribution in [2.24, 2.45) is 0 Å². The van der Waals surface area contributed by atoms with E-state index in [-0.39, 0.29) is 37.0 Å². The molecule has 1 atom stereocenters. The van der Waals surface area contributed by atoms with Crippen LogP contribution in [-0.4, -0.2) is 78.6 Å². The van der Waals surface area contributed by atoms with Gasteiger partial charge in [0.15, 0.2) is 0 Å². The molecule has 2 aliphatic rings. The number of hydrogen-bond acceptors (Lipinski definition) is 8. The SMILES string of the molecule is O=C(O)CCOCCOCCNc1ccc2c(c1)C(=O)N(C1CCC(=O)NC1=O)C2=O. The molecule has 31 heavy (non-hydrogen) atoms. The van der Waals surface area contributed by atoms with Gasteiger partial charge in [-0.25, -0.2) is 0 Å². The highest BCUT2D eigenvalue weighted by atomic mass is 16.5. The lowest BCUT2D eigenvalue weighted by atomic mass is 10.0. The lowest BCUT2D eigenvalue weighted by molar-refractivity contribution is -0.138. The predicted molar refractivity (Wildman–Crippen MR) is 105 cm³/mol. The van der Waals surface area contributed by atoms with Crippen molar-refractivity contribution in [2.45, 2.75) is 25.3 Å². The van der Waals surface area contributed by atoms with E-state index < -0.39 is 35.6 Å². The molecule has 3 N–H and O–H groups in total. The minimum atomic E-state index is -0.993. The molecule has 2 heterocycles. The number of anilines is 1. The Morgan fingerprint density at radius 2 is 1.77 bits per heavy atom. The van der Waals surface area contributed by atoms with E-state index in [9.17, 15) is 24.0 Å². The van der Waals surface area contributed by atoms with E-state index in [2.05, 4.69) is 10.6 Å². The summed E-state index contributed by atoms with van der Waals surface area (Å²) in [6, 6.07) is 3.75. The monoisotopic (exact) mass is 433 g/mol. The van der Waals surface area contributed by atoms with E-state index in [1.54, 1.807) is 12.1 Å². The highest BCUT2D eigenvalue weighted by molar-refractivity contribution is 6.23. The van der Waals surface area contributed by atoms with Gasteiger partial charge in [0.05, 0.1) is 44.0 Å². The number of carbonyl (C=O) groups excluding carboxylic acids is 4. The zero-order valence-corrected chi connectivity index (χ0v) is 16.7. The van der Waals surface area contributed by atoms with Gasteiger partial charge in [-0.15, -0.1) is 0 Å². The van der Waals surface area contributed by atoms with E-state index in [4.69, 9.17) is 14.6 Å². The Hall–Kier alpha value is -3.31. The third-order valence-corrected chi connectivity index (χ3v) is 4.85. The van der Waals surface area contributed by atoms with Gasteiger partial charge in [-0.05, 0) is 24.6 Å². The summed E-state index contributed by atoms with van der Waals surface area (Å²) < 4.78 is 10.5. The number of hydrogen-bond donors (Lipinski definition) is 3. The standard InChI is InChI=1S/C20H23N3O8/c24-16-4-3-15(18(27)22-16)23-19(28)13-2-1-12(11-14(13)20(23)29)21-6-8-31-10-9-30-7-5-17(25)26/h1-2,11,15,21H,3-10H2,(H,25,26)(H,22,24,27). The number of benzene rings is 1. The molecule has 0 aromatic heterocycles. The van der Waals surface area contributed by atoms with Crippen LogP contribution in [0.2, 0.25) is 0 Å². The Morgan fingerprint density at radius 1 is 1.06 bits per heavy atom. The summed E-state index contributed by atoms with van der Waals surface area (Å²) >= 11 is 0. The molecule has 1 aromatic carbocycles. The summed E-state index contributed by atoms with van der Waals surface area (Å²) in [6.45, 7) is 1.54. The van der Waals surface area contributed by atoms with Crippen LogP contribution in [0.15, 0.2) is 18.2 Å². The topological polar surface area (TPSA) is 151 Å². The molecular weight excluding hydrogens is 410 g/mol. The van der Waals surface area contributed by atoms with E-state index >= 15 is 0 Å². The van der Waals surface area contributed by atoms with Crippen LogP contribution in [-0.2, 0) is 23.9 Å². The molecule has 0 spiro atoms. The Labute approximate surface area is 177 Å². The molecule has 1 saturated heterocycles. The van der Waals surface area contributed by atoms with Gasteiger partial charge in [0.25, 0.3) is 11.8 Å². The first-order valence-electron chi connectivity index (χ1n) is 9.85. The number of carboxylic acid groups (broad SMARTS) is 1. The second-order valence-electron chi connectivity index (χ2n) is 7.00. The molecule has 3 rings (SSSR count). The van der Waals surface area contributed by atoms with Crippen molar-refractivity contribution < 1.29 is 38.6 Å². The Morgan fingerprint density at radius 3 is 2.48 bits per heavy atom. The number of amides is 4. The molecule has 0 aliphatic carbocycles. The second kappa shape index (κ2) is 10.1. The maximum absolute atomic E-state index is 12.8. The highest BCUT2D eigenvalue weighted by Crippen LogP contribution is 2.29. The maximum atomic E-state index is 12.8. The first-order chi connectivity index (χ1) is 14.9. The van der Waals surface area contributed by atoms with Crippen LogP contribution in [0.5, 0.6) is 0 Å². The molecule has 11 nitrogen and oxygen atoms in total. The molecule has 1 unspecified atom stereocenters. The fourth-order valence-corrected chi connectivity index (χ4v) is 3.33. The molecule has 0 radical (unpaired) electrons. The second-order valence-corrected chi connectivity index (χ2v) is 7.00. The molecule has 4 amide bonds. The van der Waals surface area contributed by atoms with Crippen molar-refractivity contribution in [1.82, 2.24) is 10.2 Å². The Balaban J connectivity index is 1.47. The van der Waals surface area contributed by atoms with Crippen LogP contribution in [0.4, 0.5) is 5.69 Å². The first-order valence-corrected chi connectivity index (χ1v) is 9.85. The summed E-state index contributed by atoms with van der Waals surface area (Å²) in [5.74, 6) is -3.09. The minimum Gasteiger partial charge on any atom is -0.481 e. The summed E-state index contributed by atoms with van der Waals surface area (Å²) in [7, 11) is 0. The summed E-state index contributed by atoms with van der Waals surface area (Å²) in [6.07, 6.45) is 0.127. The van der Waals surface area contributed by atoms with Crippen LogP contribution in [0.3, 0.4) is 0 Å². The Bertz CT molecular complexity index is 900. The summed E-state index contributed by atoms with van der Waals surface area (Å²) in [5.41, 5.74) is 1.04. The summed E-state index contributed by atoms with van der Waals surface area (Å²) in [4.78, 5) is 60.1. The Kier molecular flexibility index (Phi) is 7.32. The highest BCUT2D eigenvalue weighted by Gasteiger charge is 2.44. The first kappa shape index (κ1) is 22.4. The van der Waals surface area contributed by atoms with E-state index in [0.717, 1.165) is 4.90 Å². The van der Waals surface area contributed by atoms with Crippen LogP contribution in [0.25, 0.3) is 0 Å². The van der Waals surface area contributed by atoms with E-state index in [1.165, 1.54) is 6.07 Å². The lowest BCUT2D eigenvalue weighted by Crippen LogP contribution is -2.54. The largest absolute Gasteiger partial charge is 0.481 e. The van der Waals surface area contributed by atoms with Gasteiger partial charge in [-0.1, -0.05) is 0 Å². The number of rotatable bonds is 11. The van der Waals surface area contributed by atoms with Gasteiger partial charge in [-0.3, -0.25) is 34.2 Å². The van der Waals surface area contributed by atoms with E-state index in [1.807, 2.05) is 0 Å².